The number of aromatic nitrogens is 4. The van der Waals surface area contributed by atoms with Gasteiger partial charge in [0, 0.05) is 11.9 Å². The molecule has 0 saturated carbocycles. The van der Waals surface area contributed by atoms with Crippen LogP contribution in [0.3, 0.4) is 0 Å². The van der Waals surface area contributed by atoms with E-state index in [0.29, 0.717) is 0 Å². The lowest BCUT2D eigenvalue weighted by Gasteiger charge is -2.17. The van der Waals surface area contributed by atoms with Crippen molar-refractivity contribution < 1.29 is 14.8 Å². The van der Waals surface area contributed by atoms with Gasteiger partial charge in [-0.05, 0) is 5.56 Å². The minimum Gasteiger partial charge on any atom is -0.870 e. The van der Waals surface area contributed by atoms with Crippen molar-refractivity contribution in [3.63, 3.8) is 0 Å². The first-order chi connectivity index (χ1) is 8.13. The Balaban J connectivity index is 2.65. The summed E-state index contributed by atoms with van der Waals surface area (Å²) >= 11 is 0. The third-order valence-electron chi connectivity index (χ3n) is 2.03. The summed E-state index contributed by atoms with van der Waals surface area (Å²) in [7, 11) is 1.24. The lowest BCUT2D eigenvalue weighted by Crippen LogP contribution is -2.01. The van der Waals surface area contributed by atoms with Crippen molar-refractivity contribution in [3.05, 3.63) is 22.2 Å². The molecule has 1 heterocycles. The Labute approximate surface area is 94.2 Å². The second-order valence-electron chi connectivity index (χ2n) is 2.98. The van der Waals surface area contributed by atoms with E-state index in [-0.39, 0.29) is 22.8 Å². The van der Waals surface area contributed by atoms with Crippen LogP contribution in [0.5, 0.6) is 11.5 Å². The van der Waals surface area contributed by atoms with Crippen LogP contribution in [0.4, 0.5) is 5.69 Å². The lowest BCUT2D eigenvalue weighted by atomic mass is 10.1. The van der Waals surface area contributed by atoms with E-state index in [2.05, 4.69) is 20.6 Å². The Morgan fingerprint density at radius 2 is 2.24 bits per heavy atom. The highest BCUT2D eigenvalue weighted by atomic mass is 16.6. The van der Waals surface area contributed by atoms with Crippen molar-refractivity contribution in [2.75, 3.05) is 7.11 Å². The highest BCUT2D eigenvalue weighted by Gasteiger charge is 2.12. The molecule has 0 fully saturated rings. The number of methoxy groups -OCH3 is 1. The quantitative estimate of drug-likeness (QED) is 0.513. The molecule has 0 radical (unpaired) electrons. The minimum absolute atomic E-state index is 0.0685. The van der Waals surface area contributed by atoms with Gasteiger partial charge in [0.15, 0.2) is 0 Å². The summed E-state index contributed by atoms with van der Waals surface area (Å²) < 4.78 is 4.76. The van der Waals surface area contributed by atoms with Crippen LogP contribution in [-0.4, -0.2) is 27.6 Å². The molecule has 0 aliphatic carbocycles. The van der Waals surface area contributed by atoms with Gasteiger partial charge >= 0.3 is 0 Å². The molecule has 0 spiro atoms. The highest BCUT2D eigenvalue weighted by Crippen LogP contribution is 2.36. The molecule has 0 aliphatic heterocycles. The molecule has 0 unspecified atom stereocenters. The first-order valence-corrected chi connectivity index (χ1v) is 4.36. The highest BCUT2D eigenvalue weighted by molar-refractivity contribution is 5.70. The van der Waals surface area contributed by atoms with Crippen LogP contribution in [0.1, 0.15) is 0 Å². The van der Waals surface area contributed by atoms with Crippen LogP contribution < -0.4 is 14.9 Å². The molecule has 88 valence electrons. The van der Waals surface area contributed by atoms with Crippen LogP contribution >= 0.6 is 0 Å². The van der Waals surface area contributed by atoms with Crippen LogP contribution in [0, 0.1) is 10.1 Å². The number of nitro benzene ring substituents is 1. The maximum Gasteiger partial charge on any atom is 0.273 e. The molecule has 0 N–H and O–H groups in total. The molecule has 1 aromatic heterocycles. The number of benzene rings is 1. The van der Waals surface area contributed by atoms with Crippen molar-refractivity contribution in [1.82, 2.24) is 20.6 Å². The average molecular weight is 235 g/mol. The second-order valence-corrected chi connectivity index (χ2v) is 2.98. The molecule has 0 atom stereocenters. The van der Waals surface area contributed by atoms with E-state index in [0.717, 1.165) is 12.1 Å². The minimum atomic E-state index is -0.644. The number of rotatable bonds is 3. The monoisotopic (exact) mass is 235 g/mol. The fourth-order valence-electron chi connectivity index (χ4n) is 1.26. The van der Waals surface area contributed by atoms with E-state index in [1.54, 1.807) is 0 Å². The first-order valence-electron chi connectivity index (χ1n) is 4.36. The maximum absolute atomic E-state index is 11.8. The van der Waals surface area contributed by atoms with Crippen LogP contribution in [0.25, 0.3) is 11.4 Å². The molecule has 9 nitrogen and oxygen atoms in total. The summed E-state index contributed by atoms with van der Waals surface area (Å²) in [5.41, 5.74) is -0.359. The van der Waals surface area contributed by atoms with Gasteiger partial charge in [-0.25, -0.2) is 0 Å². The molecule has 0 amide bonds. The predicted octanol–water partition coefficient (Wildman–Crippen LogP) is -0.514. The predicted molar refractivity (Wildman–Crippen MR) is 51.2 cm³/mol. The molecule has 0 bridgehead atoms. The molecule has 0 saturated heterocycles. The molecular weight excluding hydrogens is 230 g/mol. The summed E-state index contributed by atoms with van der Waals surface area (Å²) in [5.74, 6) is -0.774. The van der Waals surface area contributed by atoms with Crippen molar-refractivity contribution >= 4 is 5.69 Å². The fraction of sp³-hybridized carbons (Fsp3) is 0.125. The summed E-state index contributed by atoms with van der Waals surface area (Å²) in [5, 5.41) is 35.8. The Hall–Kier alpha value is -2.71. The summed E-state index contributed by atoms with van der Waals surface area (Å²) in [6, 6.07) is 2.10. The Morgan fingerprint density at radius 1 is 1.47 bits per heavy atom. The largest absolute Gasteiger partial charge is 0.870 e. The standard InChI is InChI=1S/C8H6N5O4/c1-17-6-3-4(13(15)16)2-5(7(6)14)8-9-11-12-10-8/h2-3H,1H3,(H-,9,10,11,12,14)/q-1/p-1. The normalized spacial score (nSPS) is 10.2. The van der Waals surface area contributed by atoms with E-state index < -0.39 is 10.7 Å². The number of non-ortho nitro benzene ring substituents is 1. The smallest absolute Gasteiger partial charge is 0.273 e. The Morgan fingerprint density at radius 3 is 2.76 bits per heavy atom. The summed E-state index contributed by atoms with van der Waals surface area (Å²) in [6.45, 7) is 0. The zero-order valence-corrected chi connectivity index (χ0v) is 8.52. The van der Waals surface area contributed by atoms with Gasteiger partial charge in [-0.2, -0.15) is 5.21 Å². The van der Waals surface area contributed by atoms with E-state index in [1.807, 2.05) is 0 Å². The van der Waals surface area contributed by atoms with Crippen LogP contribution in [0.2, 0.25) is 0 Å². The van der Waals surface area contributed by atoms with Gasteiger partial charge in [0.1, 0.15) is 5.75 Å². The Kier molecular flexibility index (Phi) is 2.57. The maximum atomic E-state index is 11.8. The molecule has 9 heteroatoms. The van der Waals surface area contributed by atoms with Gasteiger partial charge in [-0.3, -0.25) is 20.4 Å². The fourth-order valence-corrected chi connectivity index (χ4v) is 1.26. The number of hydrogen-bond donors (Lipinski definition) is 0. The molecule has 0 aliphatic rings. The number of ether oxygens (including phenoxy) is 1. The van der Waals surface area contributed by atoms with Crippen LogP contribution in [0.15, 0.2) is 12.1 Å². The van der Waals surface area contributed by atoms with E-state index in [4.69, 9.17) is 4.74 Å². The molecule has 2 aromatic rings. The molecule has 17 heavy (non-hydrogen) atoms. The summed E-state index contributed by atoms with van der Waals surface area (Å²) in [6.07, 6.45) is 0. The number of nitro groups is 1. The number of hydrogen-bond acceptors (Lipinski definition) is 7. The lowest BCUT2D eigenvalue weighted by molar-refractivity contribution is -0.385. The first kappa shape index (κ1) is 10.8. The number of tetrazole rings is 1. The van der Waals surface area contributed by atoms with Gasteiger partial charge in [-0.15, -0.1) is 0 Å². The van der Waals surface area contributed by atoms with Crippen molar-refractivity contribution in [1.29, 1.82) is 0 Å². The van der Waals surface area contributed by atoms with Crippen molar-refractivity contribution in [3.8, 4) is 22.9 Å². The molecular formula is C8H5N5O4-2. The van der Waals surface area contributed by atoms with Gasteiger partial charge in [0.2, 0.25) is 0 Å². The zero-order valence-electron chi connectivity index (χ0n) is 8.52. The topological polar surface area (TPSA) is 128 Å². The third kappa shape index (κ3) is 1.85. The van der Waals surface area contributed by atoms with Gasteiger partial charge in [0.25, 0.3) is 5.69 Å². The van der Waals surface area contributed by atoms with Crippen molar-refractivity contribution in [2.45, 2.75) is 0 Å². The Bertz CT molecular complexity index is 553. The molecule has 1 aromatic carbocycles. The van der Waals surface area contributed by atoms with E-state index in [9.17, 15) is 15.2 Å². The van der Waals surface area contributed by atoms with Gasteiger partial charge in [0.05, 0.1) is 18.1 Å². The van der Waals surface area contributed by atoms with E-state index in [1.165, 1.54) is 7.11 Å². The van der Waals surface area contributed by atoms with Crippen molar-refractivity contribution in [2.24, 2.45) is 0 Å². The average Bonchev–Trinajstić information content (AvgIpc) is 2.82. The summed E-state index contributed by atoms with van der Waals surface area (Å²) in [4.78, 5) is 10.0. The number of nitrogens with zero attached hydrogens (tertiary/aromatic N) is 5. The second kappa shape index (κ2) is 4.04. The SMILES string of the molecule is COc1cc([N+](=O)[O-])cc(-c2nnn[n-]2)c1[O-]. The third-order valence-corrected chi connectivity index (χ3v) is 2.03. The van der Waals surface area contributed by atoms with E-state index >= 15 is 0 Å². The van der Waals surface area contributed by atoms with Crippen LogP contribution in [-0.2, 0) is 0 Å². The zero-order chi connectivity index (χ0) is 12.4. The van der Waals surface area contributed by atoms with Gasteiger partial charge in [-0.1, -0.05) is 5.75 Å². The van der Waals surface area contributed by atoms with Gasteiger partial charge < -0.3 is 14.9 Å². The molecule has 2 rings (SSSR count).